The van der Waals surface area contributed by atoms with Gasteiger partial charge in [0.2, 0.25) is 0 Å². The number of hydrogen-bond acceptors (Lipinski definition) is 4. The van der Waals surface area contributed by atoms with E-state index in [1.807, 2.05) is 30.3 Å². The third-order valence-electron chi connectivity index (χ3n) is 5.09. The van der Waals surface area contributed by atoms with Crippen LogP contribution >= 0.6 is 0 Å². The summed E-state index contributed by atoms with van der Waals surface area (Å²) in [6, 6.07) is 24.9. The summed E-state index contributed by atoms with van der Waals surface area (Å²) in [4.78, 5) is 14.1. The fraction of sp³-hybridized carbons (Fsp3) is 0.0800. The Morgan fingerprint density at radius 1 is 0.690 bits per heavy atom. The van der Waals surface area contributed by atoms with Crippen LogP contribution in [0.1, 0.15) is 11.1 Å². The van der Waals surface area contributed by atoms with E-state index in [1.54, 1.807) is 6.33 Å². The molecule has 0 aliphatic rings. The van der Waals surface area contributed by atoms with Gasteiger partial charge in [0.25, 0.3) is 0 Å². The molecule has 0 saturated heterocycles. The SMILES string of the molecule is Cc1ccc(-c2nc3c(Nc4ccccc4)ncnc3c3ccc(C)cc23)cc1. The Labute approximate surface area is 169 Å². The van der Waals surface area contributed by atoms with Gasteiger partial charge in [0.05, 0.1) is 5.69 Å². The lowest BCUT2D eigenvalue weighted by Crippen LogP contribution is -2.00. The lowest BCUT2D eigenvalue weighted by atomic mass is 10.00. The predicted octanol–water partition coefficient (Wildman–Crippen LogP) is 6.21. The highest BCUT2D eigenvalue weighted by atomic mass is 15.0. The number of nitrogens with one attached hydrogen (secondary N) is 1. The first-order chi connectivity index (χ1) is 14.2. The zero-order valence-electron chi connectivity index (χ0n) is 16.3. The van der Waals surface area contributed by atoms with Gasteiger partial charge >= 0.3 is 0 Å². The largest absolute Gasteiger partial charge is 0.338 e. The van der Waals surface area contributed by atoms with Crippen LogP contribution in [0, 0.1) is 13.8 Å². The van der Waals surface area contributed by atoms with Crippen molar-refractivity contribution in [3.63, 3.8) is 0 Å². The maximum atomic E-state index is 5.05. The number of aromatic nitrogens is 3. The van der Waals surface area contributed by atoms with Gasteiger partial charge in [-0.25, -0.2) is 15.0 Å². The number of aryl methyl sites for hydroxylation is 2. The van der Waals surface area contributed by atoms with Crippen LogP contribution in [-0.2, 0) is 0 Å². The Kier molecular flexibility index (Phi) is 4.17. The van der Waals surface area contributed by atoms with Crippen LogP contribution in [0.25, 0.3) is 33.1 Å². The Morgan fingerprint density at radius 3 is 2.24 bits per heavy atom. The molecule has 4 heteroatoms. The average Bonchev–Trinajstić information content (AvgIpc) is 2.75. The molecule has 0 unspecified atom stereocenters. The lowest BCUT2D eigenvalue weighted by Gasteiger charge is -2.13. The summed E-state index contributed by atoms with van der Waals surface area (Å²) >= 11 is 0. The Hall–Kier alpha value is -3.79. The number of fused-ring (bicyclic) bond motifs is 3. The monoisotopic (exact) mass is 376 g/mol. The molecule has 29 heavy (non-hydrogen) atoms. The van der Waals surface area contributed by atoms with Crippen LogP contribution in [0.5, 0.6) is 0 Å². The smallest absolute Gasteiger partial charge is 0.160 e. The van der Waals surface area contributed by atoms with Crippen molar-refractivity contribution in [3.8, 4) is 11.3 Å². The third-order valence-corrected chi connectivity index (χ3v) is 5.09. The lowest BCUT2D eigenvalue weighted by molar-refractivity contribution is 1.20. The molecule has 0 amide bonds. The van der Waals surface area contributed by atoms with Gasteiger partial charge in [-0.05, 0) is 32.0 Å². The molecule has 5 rings (SSSR count). The molecule has 0 spiro atoms. The van der Waals surface area contributed by atoms with Crippen molar-refractivity contribution in [1.82, 2.24) is 15.0 Å². The Balaban J connectivity index is 1.81. The van der Waals surface area contributed by atoms with Crippen LogP contribution in [0.4, 0.5) is 11.5 Å². The number of para-hydroxylation sites is 1. The van der Waals surface area contributed by atoms with Crippen molar-refractivity contribution >= 4 is 33.3 Å². The molecule has 0 bridgehead atoms. The molecule has 2 aromatic heterocycles. The van der Waals surface area contributed by atoms with Gasteiger partial charge in [0.15, 0.2) is 5.82 Å². The maximum absolute atomic E-state index is 5.05. The van der Waals surface area contributed by atoms with E-state index in [0.29, 0.717) is 5.82 Å². The third kappa shape index (κ3) is 3.19. The maximum Gasteiger partial charge on any atom is 0.160 e. The minimum absolute atomic E-state index is 0.706. The second-order valence-corrected chi connectivity index (χ2v) is 7.29. The predicted molar refractivity (Wildman–Crippen MR) is 119 cm³/mol. The van der Waals surface area contributed by atoms with Crippen LogP contribution in [-0.4, -0.2) is 15.0 Å². The van der Waals surface area contributed by atoms with E-state index >= 15 is 0 Å². The van der Waals surface area contributed by atoms with Crippen molar-refractivity contribution in [2.45, 2.75) is 13.8 Å². The molecular formula is C25H20N4. The van der Waals surface area contributed by atoms with Crippen molar-refractivity contribution in [3.05, 3.63) is 90.3 Å². The fourth-order valence-electron chi connectivity index (χ4n) is 3.60. The first kappa shape index (κ1) is 17.3. The van der Waals surface area contributed by atoms with Crippen molar-refractivity contribution in [2.24, 2.45) is 0 Å². The summed E-state index contributed by atoms with van der Waals surface area (Å²) in [6.07, 6.45) is 1.60. The van der Waals surface area contributed by atoms with Crippen LogP contribution in [0.3, 0.4) is 0 Å². The van der Waals surface area contributed by atoms with Gasteiger partial charge < -0.3 is 5.32 Å². The van der Waals surface area contributed by atoms with Gasteiger partial charge in [-0.15, -0.1) is 0 Å². The minimum atomic E-state index is 0.706. The molecule has 3 aromatic carbocycles. The van der Waals surface area contributed by atoms with E-state index < -0.39 is 0 Å². The number of rotatable bonds is 3. The highest BCUT2D eigenvalue weighted by Gasteiger charge is 2.15. The van der Waals surface area contributed by atoms with Crippen molar-refractivity contribution < 1.29 is 0 Å². The topological polar surface area (TPSA) is 50.7 Å². The minimum Gasteiger partial charge on any atom is -0.338 e. The number of pyridine rings is 1. The van der Waals surface area contributed by atoms with Crippen LogP contribution in [0.15, 0.2) is 79.1 Å². The van der Waals surface area contributed by atoms with Gasteiger partial charge in [-0.1, -0.05) is 65.7 Å². The van der Waals surface area contributed by atoms with Crippen molar-refractivity contribution in [1.29, 1.82) is 0 Å². The van der Waals surface area contributed by atoms with Crippen LogP contribution < -0.4 is 5.32 Å². The van der Waals surface area contributed by atoms with Crippen LogP contribution in [0.2, 0.25) is 0 Å². The first-order valence-corrected chi connectivity index (χ1v) is 9.63. The zero-order chi connectivity index (χ0) is 19.8. The summed E-state index contributed by atoms with van der Waals surface area (Å²) in [7, 11) is 0. The van der Waals surface area contributed by atoms with E-state index in [2.05, 4.69) is 71.6 Å². The first-order valence-electron chi connectivity index (χ1n) is 9.63. The normalized spacial score (nSPS) is 11.1. The van der Waals surface area contributed by atoms with E-state index in [0.717, 1.165) is 38.8 Å². The number of nitrogens with zero attached hydrogens (tertiary/aromatic N) is 3. The number of hydrogen-bond donors (Lipinski definition) is 1. The number of benzene rings is 3. The summed E-state index contributed by atoms with van der Waals surface area (Å²) in [6.45, 7) is 4.19. The van der Waals surface area contributed by atoms with Gasteiger partial charge in [0.1, 0.15) is 17.4 Å². The quantitative estimate of drug-likeness (QED) is 0.381. The highest BCUT2D eigenvalue weighted by Crippen LogP contribution is 2.34. The summed E-state index contributed by atoms with van der Waals surface area (Å²) in [5.74, 6) is 0.706. The molecule has 4 nitrogen and oxygen atoms in total. The molecule has 5 aromatic rings. The van der Waals surface area contributed by atoms with Gasteiger partial charge in [-0.3, -0.25) is 0 Å². The molecule has 0 fully saturated rings. The molecule has 0 saturated carbocycles. The van der Waals surface area contributed by atoms with E-state index in [9.17, 15) is 0 Å². The average molecular weight is 376 g/mol. The number of anilines is 2. The molecule has 0 aliphatic heterocycles. The molecule has 0 aliphatic carbocycles. The molecule has 140 valence electrons. The Bertz CT molecular complexity index is 1330. The Morgan fingerprint density at radius 2 is 1.45 bits per heavy atom. The molecule has 0 atom stereocenters. The zero-order valence-corrected chi connectivity index (χ0v) is 16.3. The van der Waals surface area contributed by atoms with Crippen molar-refractivity contribution in [2.75, 3.05) is 5.32 Å². The van der Waals surface area contributed by atoms with Gasteiger partial charge in [0, 0.05) is 22.0 Å². The molecule has 1 N–H and O–H groups in total. The van der Waals surface area contributed by atoms with E-state index in [1.165, 1.54) is 11.1 Å². The molecular weight excluding hydrogens is 356 g/mol. The second-order valence-electron chi connectivity index (χ2n) is 7.29. The summed E-state index contributed by atoms with van der Waals surface area (Å²) in [5, 5.41) is 5.58. The van der Waals surface area contributed by atoms with E-state index in [4.69, 9.17) is 4.98 Å². The summed E-state index contributed by atoms with van der Waals surface area (Å²) < 4.78 is 0. The van der Waals surface area contributed by atoms with Gasteiger partial charge in [-0.2, -0.15) is 0 Å². The fourth-order valence-corrected chi connectivity index (χ4v) is 3.60. The summed E-state index contributed by atoms with van der Waals surface area (Å²) in [5.41, 5.74) is 7.04. The second kappa shape index (κ2) is 6.99. The standard InChI is InChI=1S/C25H20N4/c1-16-8-11-18(12-9-16)22-21-14-17(2)10-13-20(21)23-24(29-22)25(27-15-26-23)28-19-6-4-3-5-7-19/h3-15H,1-2H3,(H,26,27,28). The highest BCUT2D eigenvalue weighted by molar-refractivity contribution is 6.11. The molecule has 2 heterocycles. The van der Waals surface area contributed by atoms with E-state index in [-0.39, 0.29) is 0 Å². The molecule has 0 radical (unpaired) electrons.